The van der Waals surface area contributed by atoms with Gasteiger partial charge in [-0.25, -0.2) is 0 Å². The Labute approximate surface area is 106 Å². The summed E-state index contributed by atoms with van der Waals surface area (Å²) in [6, 6.07) is 18.2. The van der Waals surface area contributed by atoms with E-state index in [2.05, 4.69) is 24.3 Å². The van der Waals surface area contributed by atoms with Crippen LogP contribution < -0.4 is 0 Å². The first-order chi connectivity index (χ1) is 8.85. The molecule has 2 aromatic carbocycles. The van der Waals surface area contributed by atoms with E-state index in [0.717, 1.165) is 6.29 Å². The van der Waals surface area contributed by atoms with E-state index in [4.69, 9.17) is 4.74 Å². The van der Waals surface area contributed by atoms with E-state index in [-0.39, 0.29) is 5.41 Å². The molecule has 3 rings (SSSR count). The average Bonchev–Trinajstić information content (AvgIpc) is 2.40. The van der Waals surface area contributed by atoms with E-state index in [9.17, 15) is 4.79 Å². The summed E-state index contributed by atoms with van der Waals surface area (Å²) in [4.78, 5) is 10.7. The predicted octanol–water partition coefficient (Wildman–Crippen LogP) is 2.82. The Hall–Kier alpha value is -1.93. The summed E-state index contributed by atoms with van der Waals surface area (Å²) in [5, 5.41) is 0. The lowest BCUT2D eigenvalue weighted by atomic mass is 9.73. The Morgan fingerprint density at radius 1 is 0.889 bits per heavy atom. The maximum Gasteiger partial charge on any atom is 0.150 e. The molecule has 1 fully saturated rings. The quantitative estimate of drug-likeness (QED) is 0.769. The van der Waals surface area contributed by atoms with Gasteiger partial charge in [-0.3, -0.25) is 4.79 Å². The fraction of sp³-hybridized carbons (Fsp3) is 0.188. The predicted molar refractivity (Wildman–Crippen MR) is 69.9 cm³/mol. The molecule has 0 spiro atoms. The molecule has 2 heteroatoms. The lowest BCUT2D eigenvalue weighted by Gasteiger charge is -2.42. The van der Waals surface area contributed by atoms with Crippen LogP contribution in [-0.4, -0.2) is 19.5 Å². The zero-order valence-corrected chi connectivity index (χ0v) is 10.0. The van der Waals surface area contributed by atoms with Crippen molar-refractivity contribution in [1.82, 2.24) is 0 Å². The molecule has 90 valence electrons. The number of benzene rings is 2. The molecule has 1 heterocycles. The molecular weight excluding hydrogens is 224 g/mol. The van der Waals surface area contributed by atoms with Gasteiger partial charge < -0.3 is 4.74 Å². The van der Waals surface area contributed by atoms with Crippen molar-refractivity contribution < 1.29 is 9.53 Å². The van der Waals surface area contributed by atoms with Crippen molar-refractivity contribution >= 4 is 6.29 Å². The fourth-order valence-corrected chi connectivity index (χ4v) is 2.44. The second-order valence-electron chi connectivity index (χ2n) is 4.68. The molecule has 1 aliphatic rings. The van der Waals surface area contributed by atoms with Crippen LogP contribution in [0.1, 0.15) is 21.5 Å². The van der Waals surface area contributed by atoms with Gasteiger partial charge in [0.15, 0.2) is 0 Å². The van der Waals surface area contributed by atoms with Gasteiger partial charge in [0.2, 0.25) is 0 Å². The third kappa shape index (κ3) is 1.66. The Morgan fingerprint density at radius 2 is 1.50 bits per heavy atom. The van der Waals surface area contributed by atoms with Gasteiger partial charge in [-0.1, -0.05) is 54.6 Å². The van der Waals surface area contributed by atoms with Crippen molar-refractivity contribution in [3.63, 3.8) is 0 Å². The van der Waals surface area contributed by atoms with Gasteiger partial charge in [-0.05, 0) is 11.1 Å². The summed E-state index contributed by atoms with van der Waals surface area (Å²) < 4.78 is 5.43. The molecule has 0 N–H and O–H groups in total. The third-order valence-corrected chi connectivity index (χ3v) is 3.62. The highest BCUT2D eigenvalue weighted by atomic mass is 16.5. The molecule has 0 saturated carbocycles. The Balaban J connectivity index is 2.03. The number of ether oxygens (including phenoxy) is 1. The van der Waals surface area contributed by atoms with Crippen molar-refractivity contribution in [2.45, 2.75) is 5.41 Å². The molecule has 0 bridgehead atoms. The van der Waals surface area contributed by atoms with Crippen LogP contribution in [0.3, 0.4) is 0 Å². The van der Waals surface area contributed by atoms with E-state index in [0.29, 0.717) is 18.8 Å². The minimum atomic E-state index is -0.0390. The van der Waals surface area contributed by atoms with Crippen LogP contribution in [0.15, 0.2) is 54.6 Å². The smallest absolute Gasteiger partial charge is 0.150 e. The SMILES string of the molecule is O=Cc1ccc(C2(c3ccccc3)COC2)cc1. The average molecular weight is 238 g/mol. The van der Waals surface area contributed by atoms with Crippen LogP contribution in [0.25, 0.3) is 0 Å². The molecular formula is C16H14O2. The van der Waals surface area contributed by atoms with Gasteiger partial charge in [0.05, 0.1) is 18.6 Å². The highest BCUT2D eigenvalue weighted by Crippen LogP contribution is 2.38. The monoisotopic (exact) mass is 238 g/mol. The molecule has 0 aromatic heterocycles. The fourth-order valence-electron chi connectivity index (χ4n) is 2.44. The van der Waals surface area contributed by atoms with Gasteiger partial charge in [0.25, 0.3) is 0 Å². The van der Waals surface area contributed by atoms with Crippen molar-refractivity contribution in [2.24, 2.45) is 0 Å². The first kappa shape index (κ1) is 11.2. The van der Waals surface area contributed by atoms with E-state index >= 15 is 0 Å². The standard InChI is InChI=1S/C16H14O2/c17-10-13-6-8-15(9-7-13)16(11-18-12-16)14-4-2-1-3-5-14/h1-10H,11-12H2. The van der Waals surface area contributed by atoms with Gasteiger partial charge in [-0.2, -0.15) is 0 Å². The van der Waals surface area contributed by atoms with Crippen LogP contribution in [0, 0.1) is 0 Å². The number of hydrogen-bond donors (Lipinski definition) is 0. The second-order valence-corrected chi connectivity index (χ2v) is 4.68. The van der Waals surface area contributed by atoms with E-state index in [1.165, 1.54) is 11.1 Å². The largest absolute Gasteiger partial charge is 0.379 e. The van der Waals surface area contributed by atoms with Gasteiger partial charge in [-0.15, -0.1) is 0 Å². The molecule has 0 radical (unpaired) electrons. The molecule has 1 saturated heterocycles. The molecule has 2 nitrogen and oxygen atoms in total. The van der Waals surface area contributed by atoms with Gasteiger partial charge in [0.1, 0.15) is 6.29 Å². The van der Waals surface area contributed by atoms with Gasteiger partial charge in [0, 0.05) is 5.56 Å². The molecule has 0 aliphatic carbocycles. The van der Waals surface area contributed by atoms with Crippen LogP contribution in [-0.2, 0) is 10.2 Å². The van der Waals surface area contributed by atoms with Crippen LogP contribution in [0.5, 0.6) is 0 Å². The Morgan fingerprint density at radius 3 is 2.00 bits per heavy atom. The maximum atomic E-state index is 10.7. The maximum absolute atomic E-state index is 10.7. The summed E-state index contributed by atoms with van der Waals surface area (Å²) in [7, 11) is 0. The number of rotatable bonds is 3. The molecule has 0 amide bonds. The van der Waals surface area contributed by atoms with E-state index in [1.54, 1.807) is 0 Å². The van der Waals surface area contributed by atoms with Crippen molar-refractivity contribution in [2.75, 3.05) is 13.2 Å². The zero-order valence-electron chi connectivity index (χ0n) is 10.0. The van der Waals surface area contributed by atoms with Crippen molar-refractivity contribution in [1.29, 1.82) is 0 Å². The van der Waals surface area contributed by atoms with Crippen molar-refractivity contribution in [3.05, 3.63) is 71.3 Å². The van der Waals surface area contributed by atoms with Crippen LogP contribution in [0.2, 0.25) is 0 Å². The molecule has 18 heavy (non-hydrogen) atoms. The molecule has 1 aliphatic heterocycles. The number of hydrogen-bond acceptors (Lipinski definition) is 2. The summed E-state index contributed by atoms with van der Waals surface area (Å²) in [5.41, 5.74) is 3.16. The number of carbonyl (C=O) groups excluding carboxylic acids is 1. The normalized spacial score (nSPS) is 16.9. The molecule has 2 aromatic rings. The third-order valence-electron chi connectivity index (χ3n) is 3.62. The first-order valence-corrected chi connectivity index (χ1v) is 6.04. The van der Waals surface area contributed by atoms with Crippen LogP contribution >= 0.6 is 0 Å². The van der Waals surface area contributed by atoms with E-state index < -0.39 is 0 Å². The van der Waals surface area contributed by atoms with Crippen LogP contribution in [0.4, 0.5) is 0 Å². The lowest BCUT2D eigenvalue weighted by molar-refractivity contribution is -0.0379. The van der Waals surface area contributed by atoms with E-state index in [1.807, 2.05) is 30.3 Å². The number of carbonyl (C=O) groups is 1. The van der Waals surface area contributed by atoms with Crippen molar-refractivity contribution in [3.8, 4) is 0 Å². The molecule has 0 unspecified atom stereocenters. The minimum Gasteiger partial charge on any atom is -0.379 e. The lowest BCUT2D eigenvalue weighted by Crippen LogP contribution is -2.47. The second kappa shape index (κ2) is 4.39. The first-order valence-electron chi connectivity index (χ1n) is 6.04. The summed E-state index contributed by atoms with van der Waals surface area (Å²) in [5.74, 6) is 0. The highest BCUT2D eigenvalue weighted by Gasteiger charge is 2.41. The zero-order chi connectivity index (χ0) is 12.4. The van der Waals surface area contributed by atoms with Gasteiger partial charge >= 0.3 is 0 Å². The number of aldehydes is 1. The Bertz CT molecular complexity index is 539. The highest BCUT2D eigenvalue weighted by molar-refractivity contribution is 5.74. The molecule has 0 atom stereocenters. The Kier molecular flexibility index (Phi) is 2.73. The summed E-state index contributed by atoms with van der Waals surface area (Å²) >= 11 is 0. The summed E-state index contributed by atoms with van der Waals surface area (Å²) in [6.07, 6.45) is 0.871. The topological polar surface area (TPSA) is 26.3 Å². The minimum absolute atomic E-state index is 0.0390. The summed E-state index contributed by atoms with van der Waals surface area (Å²) in [6.45, 7) is 1.41.